The molecule has 0 radical (unpaired) electrons. The van der Waals surface area contributed by atoms with Crippen LogP contribution in [0.25, 0.3) is 0 Å². The minimum atomic E-state index is 0.636. The molecule has 12 heavy (non-hydrogen) atoms. The van der Waals surface area contributed by atoms with E-state index in [1.54, 1.807) is 0 Å². The van der Waals surface area contributed by atoms with E-state index in [4.69, 9.17) is 0 Å². The van der Waals surface area contributed by atoms with E-state index in [0.29, 0.717) is 6.04 Å². The third kappa shape index (κ3) is 3.11. The van der Waals surface area contributed by atoms with Crippen LogP contribution < -0.4 is 5.32 Å². The van der Waals surface area contributed by atoms with E-state index in [2.05, 4.69) is 31.1 Å². The minimum absolute atomic E-state index is 0.636. The van der Waals surface area contributed by atoms with Gasteiger partial charge in [-0.15, -0.1) is 0 Å². The van der Waals surface area contributed by atoms with E-state index >= 15 is 0 Å². The molecule has 0 aromatic carbocycles. The molecule has 0 aromatic rings. The molecule has 1 rings (SSSR count). The lowest BCUT2D eigenvalue weighted by Gasteiger charge is -2.19. The van der Waals surface area contributed by atoms with Crippen molar-refractivity contribution in [3.63, 3.8) is 0 Å². The summed E-state index contributed by atoms with van der Waals surface area (Å²) in [6.07, 6.45) is 4.10. The quantitative estimate of drug-likeness (QED) is 0.687. The van der Waals surface area contributed by atoms with E-state index in [9.17, 15) is 0 Å². The van der Waals surface area contributed by atoms with Crippen LogP contribution in [0.2, 0.25) is 0 Å². The first-order valence-electron chi connectivity index (χ1n) is 5.14. The smallest absolute Gasteiger partial charge is 0.0105 e. The zero-order valence-electron chi connectivity index (χ0n) is 8.64. The van der Waals surface area contributed by atoms with E-state index in [-0.39, 0.29) is 0 Å². The molecular weight excluding hydrogens is 148 g/mol. The zero-order chi connectivity index (χ0) is 8.97. The van der Waals surface area contributed by atoms with Gasteiger partial charge in [0, 0.05) is 12.1 Å². The molecule has 0 bridgehead atoms. The van der Waals surface area contributed by atoms with Gasteiger partial charge >= 0.3 is 0 Å². The first-order valence-corrected chi connectivity index (χ1v) is 5.14. The lowest BCUT2D eigenvalue weighted by Crippen LogP contribution is -2.31. The lowest BCUT2D eigenvalue weighted by molar-refractivity contribution is 0.291. The van der Waals surface area contributed by atoms with E-state index in [1.807, 2.05) is 0 Å². The van der Waals surface area contributed by atoms with Crippen LogP contribution in [-0.4, -0.2) is 37.1 Å². The minimum Gasteiger partial charge on any atom is -0.314 e. The molecule has 1 aliphatic heterocycles. The molecule has 0 aliphatic carbocycles. The standard InChI is InChI=1S/C10H22N2/c1-9(2)11-7-6-10-5-4-8-12(10)3/h9-11H,4-8H2,1-3H3/t10-/m1/s1. The maximum absolute atomic E-state index is 3.47. The van der Waals surface area contributed by atoms with E-state index < -0.39 is 0 Å². The topological polar surface area (TPSA) is 15.3 Å². The average Bonchev–Trinajstić information content (AvgIpc) is 2.36. The molecule has 0 aromatic heterocycles. The van der Waals surface area contributed by atoms with Crippen LogP contribution in [0.4, 0.5) is 0 Å². The van der Waals surface area contributed by atoms with Crippen molar-refractivity contribution in [3.05, 3.63) is 0 Å². The van der Waals surface area contributed by atoms with Gasteiger partial charge in [0.2, 0.25) is 0 Å². The Labute approximate surface area is 76.3 Å². The number of rotatable bonds is 4. The van der Waals surface area contributed by atoms with Crippen LogP contribution in [0.15, 0.2) is 0 Å². The Morgan fingerprint density at radius 1 is 1.50 bits per heavy atom. The number of hydrogen-bond donors (Lipinski definition) is 1. The van der Waals surface area contributed by atoms with Gasteiger partial charge in [-0.25, -0.2) is 0 Å². The molecule has 1 heterocycles. The Kier molecular flexibility index (Phi) is 4.02. The molecule has 2 nitrogen and oxygen atoms in total. The fraction of sp³-hybridized carbons (Fsp3) is 1.00. The second-order valence-corrected chi connectivity index (χ2v) is 4.17. The van der Waals surface area contributed by atoms with Gasteiger partial charge in [0.1, 0.15) is 0 Å². The summed E-state index contributed by atoms with van der Waals surface area (Å²) in [6, 6.07) is 1.48. The molecule has 1 saturated heterocycles. The average molecular weight is 170 g/mol. The molecule has 0 saturated carbocycles. The second kappa shape index (κ2) is 4.83. The summed E-state index contributed by atoms with van der Waals surface area (Å²) in [4.78, 5) is 2.49. The van der Waals surface area contributed by atoms with E-state index in [0.717, 1.165) is 6.04 Å². The Balaban J connectivity index is 2.06. The van der Waals surface area contributed by atoms with Crippen LogP contribution >= 0.6 is 0 Å². The molecule has 0 amide bonds. The highest BCUT2D eigenvalue weighted by Gasteiger charge is 2.19. The lowest BCUT2D eigenvalue weighted by atomic mass is 10.1. The third-order valence-electron chi connectivity index (χ3n) is 2.70. The molecule has 2 heteroatoms. The Hall–Kier alpha value is -0.0800. The van der Waals surface area contributed by atoms with Gasteiger partial charge in [-0.1, -0.05) is 13.8 Å². The normalized spacial score (nSPS) is 25.5. The third-order valence-corrected chi connectivity index (χ3v) is 2.70. The maximum atomic E-state index is 3.47. The van der Waals surface area contributed by atoms with Crippen molar-refractivity contribution < 1.29 is 0 Å². The number of nitrogens with one attached hydrogen (secondary N) is 1. The monoisotopic (exact) mass is 170 g/mol. The summed E-state index contributed by atoms with van der Waals surface area (Å²) in [5.41, 5.74) is 0. The summed E-state index contributed by atoms with van der Waals surface area (Å²) < 4.78 is 0. The van der Waals surface area contributed by atoms with Crippen LogP contribution in [0, 0.1) is 0 Å². The maximum Gasteiger partial charge on any atom is 0.0105 e. The first kappa shape index (κ1) is 10.0. The van der Waals surface area contributed by atoms with Crippen LogP contribution in [0.1, 0.15) is 33.1 Å². The number of hydrogen-bond acceptors (Lipinski definition) is 2. The van der Waals surface area contributed by atoms with Crippen molar-refractivity contribution in [1.29, 1.82) is 0 Å². The molecular formula is C10H22N2. The van der Waals surface area contributed by atoms with Gasteiger partial charge in [0.05, 0.1) is 0 Å². The summed E-state index contributed by atoms with van der Waals surface area (Å²) in [5.74, 6) is 0. The van der Waals surface area contributed by atoms with Gasteiger partial charge < -0.3 is 10.2 Å². The largest absolute Gasteiger partial charge is 0.314 e. The fourth-order valence-electron chi connectivity index (χ4n) is 1.88. The molecule has 0 unspecified atom stereocenters. The van der Waals surface area contributed by atoms with Crippen molar-refractivity contribution in [1.82, 2.24) is 10.2 Å². The van der Waals surface area contributed by atoms with Gasteiger partial charge in [-0.2, -0.15) is 0 Å². The van der Waals surface area contributed by atoms with Crippen molar-refractivity contribution in [2.24, 2.45) is 0 Å². The summed E-state index contributed by atoms with van der Waals surface area (Å²) >= 11 is 0. The van der Waals surface area contributed by atoms with E-state index in [1.165, 1.54) is 32.4 Å². The Morgan fingerprint density at radius 3 is 2.75 bits per heavy atom. The highest BCUT2D eigenvalue weighted by molar-refractivity contribution is 4.76. The number of likely N-dealkylation sites (tertiary alicyclic amines) is 1. The van der Waals surface area contributed by atoms with Crippen LogP contribution in [0.5, 0.6) is 0 Å². The van der Waals surface area contributed by atoms with Crippen LogP contribution in [-0.2, 0) is 0 Å². The molecule has 72 valence electrons. The Bertz CT molecular complexity index is 123. The molecule has 1 fully saturated rings. The summed E-state index contributed by atoms with van der Waals surface area (Å²) in [5, 5.41) is 3.47. The van der Waals surface area contributed by atoms with Crippen molar-refractivity contribution in [2.75, 3.05) is 20.1 Å². The summed E-state index contributed by atoms with van der Waals surface area (Å²) in [6.45, 7) is 6.88. The van der Waals surface area contributed by atoms with Crippen molar-refractivity contribution in [3.8, 4) is 0 Å². The predicted molar refractivity (Wildman–Crippen MR) is 53.4 cm³/mol. The van der Waals surface area contributed by atoms with Crippen molar-refractivity contribution >= 4 is 0 Å². The predicted octanol–water partition coefficient (Wildman–Crippen LogP) is 1.47. The second-order valence-electron chi connectivity index (χ2n) is 4.17. The molecule has 1 atom stereocenters. The van der Waals surface area contributed by atoms with Gasteiger partial charge in [0.15, 0.2) is 0 Å². The zero-order valence-corrected chi connectivity index (χ0v) is 8.64. The Morgan fingerprint density at radius 2 is 2.25 bits per heavy atom. The fourth-order valence-corrected chi connectivity index (χ4v) is 1.88. The SMILES string of the molecule is CC(C)NCC[C@H]1CCCN1C. The van der Waals surface area contributed by atoms with Gasteiger partial charge in [-0.05, 0) is 39.4 Å². The van der Waals surface area contributed by atoms with Gasteiger partial charge in [-0.3, -0.25) is 0 Å². The van der Waals surface area contributed by atoms with Gasteiger partial charge in [0.25, 0.3) is 0 Å². The first-order chi connectivity index (χ1) is 5.70. The highest BCUT2D eigenvalue weighted by Crippen LogP contribution is 2.16. The molecule has 1 N–H and O–H groups in total. The summed E-state index contributed by atoms with van der Waals surface area (Å²) in [7, 11) is 2.24. The highest BCUT2D eigenvalue weighted by atomic mass is 15.1. The van der Waals surface area contributed by atoms with Crippen LogP contribution in [0.3, 0.4) is 0 Å². The number of nitrogens with zero attached hydrogens (tertiary/aromatic N) is 1. The van der Waals surface area contributed by atoms with Crippen molar-refractivity contribution in [2.45, 2.75) is 45.2 Å². The molecule has 1 aliphatic rings. The molecule has 0 spiro atoms.